The van der Waals surface area contributed by atoms with Crippen molar-refractivity contribution in [2.45, 2.75) is 6.04 Å². The number of nitrogens with zero attached hydrogens (tertiary/aromatic N) is 1. The van der Waals surface area contributed by atoms with Crippen molar-refractivity contribution in [3.05, 3.63) is 32.7 Å². The summed E-state index contributed by atoms with van der Waals surface area (Å²) < 4.78 is 1.55. The van der Waals surface area contributed by atoms with Crippen molar-refractivity contribution in [3.8, 4) is 0 Å². The number of carbonyl (C=O) groups is 2. The molecular formula is C11H9Br2NO3S. The number of thioether (sulfide) groups is 1. The highest BCUT2D eigenvalue weighted by Gasteiger charge is 2.35. The Morgan fingerprint density at radius 1 is 1.28 bits per heavy atom. The van der Waals surface area contributed by atoms with E-state index in [2.05, 4.69) is 31.9 Å². The van der Waals surface area contributed by atoms with Crippen LogP contribution in [0.4, 0.5) is 0 Å². The summed E-state index contributed by atoms with van der Waals surface area (Å²) in [7, 11) is 0. The minimum absolute atomic E-state index is 0.255. The Kier molecular flexibility index (Phi) is 4.34. The van der Waals surface area contributed by atoms with Gasteiger partial charge in [0.15, 0.2) is 0 Å². The molecule has 1 fully saturated rings. The van der Waals surface area contributed by atoms with Gasteiger partial charge in [-0.2, -0.15) is 0 Å². The molecule has 96 valence electrons. The van der Waals surface area contributed by atoms with Crippen LogP contribution >= 0.6 is 43.6 Å². The molecule has 0 spiro atoms. The lowest BCUT2D eigenvalue weighted by Gasteiger charge is -2.20. The molecule has 7 heteroatoms. The Morgan fingerprint density at radius 3 is 2.44 bits per heavy atom. The maximum absolute atomic E-state index is 12.3. The van der Waals surface area contributed by atoms with Crippen molar-refractivity contribution in [1.29, 1.82) is 0 Å². The van der Waals surface area contributed by atoms with E-state index >= 15 is 0 Å². The van der Waals surface area contributed by atoms with Gasteiger partial charge in [0.05, 0.1) is 5.88 Å². The number of rotatable bonds is 2. The van der Waals surface area contributed by atoms with Gasteiger partial charge in [-0.15, -0.1) is 11.8 Å². The summed E-state index contributed by atoms with van der Waals surface area (Å²) in [6.07, 6.45) is 0. The fraction of sp³-hybridized carbons (Fsp3) is 0.273. The molecule has 1 N–H and O–H groups in total. The van der Waals surface area contributed by atoms with Gasteiger partial charge >= 0.3 is 5.97 Å². The van der Waals surface area contributed by atoms with E-state index in [9.17, 15) is 9.59 Å². The fourth-order valence-corrected chi connectivity index (χ4v) is 4.13. The first-order valence-corrected chi connectivity index (χ1v) is 7.80. The molecule has 0 aromatic heterocycles. The molecule has 18 heavy (non-hydrogen) atoms. The molecule has 1 amide bonds. The minimum Gasteiger partial charge on any atom is -0.480 e. The van der Waals surface area contributed by atoms with E-state index in [4.69, 9.17) is 5.11 Å². The van der Waals surface area contributed by atoms with Crippen LogP contribution in [0.25, 0.3) is 0 Å². The number of benzene rings is 1. The summed E-state index contributed by atoms with van der Waals surface area (Å²) in [5, 5.41) is 9.06. The van der Waals surface area contributed by atoms with Gasteiger partial charge in [-0.1, -0.05) is 31.9 Å². The molecular weight excluding hydrogens is 386 g/mol. The molecule has 1 aromatic rings. The molecule has 2 rings (SSSR count). The van der Waals surface area contributed by atoms with Crippen LogP contribution in [0, 0.1) is 0 Å². The third-order valence-electron chi connectivity index (χ3n) is 2.54. The SMILES string of the molecule is O=C(O)C1CSCN1C(=O)c1cc(Br)cc(Br)c1. The topological polar surface area (TPSA) is 57.6 Å². The number of hydrogen-bond donors (Lipinski definition) is 1. The summed E-state index contributed by atoms with van der Waals surface area (Å²) in [6, 6.07) is 4.47. The van der Waals surface area contributed by atoms with Crippen molar-refractivity contribution >= 4 is 55.5 Å². The molecule has 1 unspecified atom stereocenters. The lowest BCUT2D eigenvalue weighted by atomic mass is 10.2. The van der Waals surface area contributed by atoms with Crippen molar-refractivity contribution in [3.63, 3.8) is 0 Å². The molecule has 1 aliphatic rings. The standard InChI is InChI=1S/C11H9Br2NO3S/c12-7-1-6(2-8(13)3-7)10(15)14-5-18-4-9(14)11(16)17/h1-3,9H,4-5H2,(H,16,17). The quantitative estimate of drug-likeness (QED) is 0.837. The van der Waals surface area contributed by atoms with Gasteiger partial charge in [-0.25, -0.2) is 4.79 Å². The van der Waals surface area contributed by atoms with Gasteiger partial charge in [0.25, 0.3) is 5.91 Å². The summed E-state index contributed by atoms with van der Waals surface area (Å²) >= 11 is 8.07. The maximum atomic E-state index is 12.3. The van der Waals surface area contributed by atoms with Gasteiger partial charge in [0.1, 0.15) is 6.04 Å². The van der Waals surface area contributed by atoms with Crippen LogP contribution in [-0.4, -0.2) is 39.6 Å². The zero-order valence-electron chi connectivity index (χ0n) is 9.10. The molecule has 1 heterocycles. The van der Waals surface area contributed by atoms with Crippen LogP contribution in [0.3, 0.4) is 0 Å². The van der Waals surface area contributed by atoms with Crippen molar-refractivity contribution in [2.75, 3.05) is 11.6 Å². The molecule has 1 saturated heterocycles. The van der Waals surface area contributed by atoms with Gasteiger partial charge in [-0.3, -0.25) is 4.79 Å². The van der Waals surface area contributed by atoms with Crippen molar-refractivity contribution in [1.82, 2.24) is 4.90 Å². The average molecular weight is 395 g/mol. The van der Waals surface area contributed by atoms with Crippen LogP contribution in [0.1, 0.15) is 10.4 Å². The number of carbonyl (C=O) groups excluding carboxylic acids is 1. The minimum atomic E-state index is -0.956. The second-order valence-corrected chi connectivity index (χ2v) is 6.62. The highest BCUT2D eigenvalue weighted by molar-refractivity contribution is 9.11. The van der Waals surface area contributed by atoms with E-state index in [1.165, 1.54) is 16.7 Å². The van der Waals surface area contributed by atoms with E-state index in [0.29, 0.717) is 17.2 Å². The number of carboxylic acid groups (broad SMARTS) is 1. The van der Waals surface area contributed by atoms with E-state index in [0.717, 1.165) is 8.95 Å². The summed E-state index contributed by atoms with van der Waals surface area (Å²) in [4.78, 5) is 24.7. The van der Waals surface area contributed by atoms with E-state index in [-0.39, 0.29) is 5.91 Å². The molecule has 0 aliphatic carbocycles. The summed E-state index contributed by atoms with van der Waals surface area (Å²) in [5.74, 6) is -0.354. The van der Waals surface area contributed by atoms with Crippen molar-refractivity contribution < 1.29 is 14.7 Å². The van der Waals surface area contributed by atoms with Gasteiger partial charge in [0, 0.05) is 20.3 Å². The Morgan fingerprint density at radius 2 is 1.89 bits per heavy atom. The third kappa shape index (κ3) is 2.89. The Balaban J connectivity index is 2.28. The zero-order valence-corrected chi connectivity index (χ0v) is 13.1. The van der Waals surface area contributed by atoms with E-state index < -0.39 is 12.0 Å². The second-order valence-electron chi connectivity index (χ2n) is 3.79. The van der Waals surface area contributed by atoms with Crippen LogP contribution in [-0.2, 0) is 4.79 Å². The first-order chi connectivity index (χ1) is 8.49. The average Bonchev–Trinajstić information content (AvgIpc) is 2.75. The summed E-state index contributed by atoms with van der Waals surface area (Å²) in [6.45, 7) is 0. The van der Waals surface area contributed by atoms with Gasteiger partial charge < -0.3 is 10.0 Å². The maximum Gasteiger partial charge on any atom is 0.327 e. The highest BCUT2D eigenvalue weighted by atomic mass is 79.9. The Bertz CT molecular complexity index is 489. The van der Waals surface area contributed by atoms with E-state index in [1.807, 2.05) is 6.07 Å². The number of amides is 1. The number of carboxylic acids is 1. The van der Waals surface area contributed by atoms with Crippen LogP contribution < -0.4 is 0 Å². The predicted molar refractivity (Wildman–Crippen MR) is 76.8 cm³/mol. The lowest BCUT2D eigenvalue weighted by molar-refractivity contribution is -0.140. The largest absolute Gasteiger partial charge is 0.480 e. The molecule has 0 saturated carbocycles. The Labute approximate surface area is 125 Å². The monoisotopic (exact) mass is 393 g/mol. The van der Waals surface area contributed by atoms with Gasteiger partial charge in [0.2, 0.25) is 0 Å². The molecule has 1 aliphatic heterocycles. The van der Waals surface area contributed by atoms with Gasteiger partial charge in [-0.05, 0) is 18.2 Å². The zero-order chi connectivity index (χ0) is 13.3. The summed E-state index contributed by atoms with van der Waals surface area (Å²) in [5.41, 5.74) is 0.477. The fourth-order valence-electron chi connectivity index (χ4n) is 1.69. The Hall–Kier alpha value is -0.530. The highest BCUT2D eigenvalue weighted by Crippen LogP contribution is 2.26. The molecule has 0 radical (unpaired) electrons. The lowest BCUT2D eigenvalue weighted by Crippen LogP contribution is -2.41. The van der Waals surface area contributed by atoms with Crippen LogP contribution in [0.5, 0.6) is 0 Å². The number of aliphatic carboxylic acids is 1. The van der Waals surface area contributed by atoms with Crippen molar-refractivity contribution in [2.24, 2.45) is 0 Å². The molecule has 1 aromatic carbocycles. The number of halogens is 2. The third-order valence-corrected chi connectivity index (χ3v) is 4.47. The normalized spacial score (nSPS) is 19.0. The second kappa shape index (κ2) is 5.63. The first-order valence-electron chi connectivity index (χ1n) is 5.06. The first kappa shape index (κ1) is 13.9. The molecule has 1 atom stereocenters. The molecule has 0 bridgehead atoms. The molecule has 4 nitrogen and oxygen atoms in total. The van der Waals surface area contributed by atoms with Crippen LogP contribution in [0.2, 0.25) is 0 Å². The van der Waals surface area contributed by atoms with Crippen LogP contribution in [0.15, 0.2) is 27.1 Å². The van der Waals surface area contributed by atoms with E-state index in [1.54, 1.807) is 12.1 Å². The number of hydrogen-bond acceptors (Lipinski definition) is 3. The smallest absolute Gasteiger partial charge is 0.327 e. The predicted octanol–water partition coefficient (Wildman–Crippen LogP) is 2.81.